The number of aromatic hydroxyl groups is 2. The van der Waals surface area contributed by atoms with Crippen LogP contribution in [0.15, 0.2) is 58.5 Å². The fraction of sp³-hybridized carbons (Fsp3) is 0.524. The molecule has 0 atom stereocenters. The summed E-state index contributed by atoms with van der Waals surface area (Å²) in [6, 6.07) is 16.3. The van der Waals surface area contributed by atoms with Crippen LogP contribution in [0.3, 0.4) is 0 Å². The van der Waals surface area contributed by atoms with Crippen molar-refractivity contribution in [1.29, 1.82) is 0 Å². The second-order valence-electron chi connectivity index (χ2n) is 15.1. The van der Waals surface area contributed by atoms with Crippen molar-refractivity contribution < 1.29 is 10.2 Å². The predicted molar refractivity (Wildman–Crippen MR) is 200 cm³/mol. The average Bonchev–Trinajstić information content (AvgIpc) is 3.02. The van der Waals surface area contributed by atoms with Gasteiger partial charge in [-0.2, -0.15) is 0 Å². The first-order chi connectivity index (χ1) is 21.6. The maximum Gasteiger partial charge on any atom is 0.128 e. The molecule has 3 aromatic rings. The number of aliphatic imine (C=N–C) groups is 2. The van der Waals surface area contributed by atoms with Crippen LogP contribution in [0.25, 0.3) is 0 Å². The third kappa shape index (κ3) is 7.59. The highest BCUT2D eigenvalue weighted by Gasteiger charge is 2.33. The fourth-order valence-corrected chi connectivity index (χ4v) is 6.79. The molecule has 0 aliphatic carbocycles. The lowest BCUT2D eigenvalue weighted by molar-refractivity contribution is 0.356. The molecule has 0 saturated carbocycles. The SMILES string of the molecule is CCC(CC)(CC)c1cc(C(C)(C)C)cc(C=Nc2ccccc2N=Cc2cc(C(C)(C)C)cc(C(CC)(CC)CC)c2O)c1O. The number of hydrogen-bond acceptors (Lipinski definition) is 4. The van der Waals surface area contributed by atoms with Crippen LogP contribution in [-0.2, 0) is 21.7 Å². The zero-order valence-corrected chi connectivity index (χ0v) is 30.8. The molecule has 0 aromatic heterocycles. The van der Waals surface area contributed by atoms with Gasteiger partial charge in [0.2, 0.25) is 0 Å². The Labute approximate surface area is 280 Å². The fourth-order valence-electron chi connectivity index (χ4n) is 6.79. The molecular formula is C42H60N2O2. The maximum absolute atomic E-state index is 11.6. The highest BCUT2D eigenvalue weighted by atomic mass is 16.3. The lowest BCUT2D eigenvalue weighted by Gasteiger charge is -2.34. The molecule has 0 bridgehead atoms. The summed E-state index contributed by atoms with van der Waals surface area (Å²) in [6.07, 6.45) is 9.29. The van der Waals surface area contributed by atoms with Gasteiger partial charge in [0.15, 0.2) is 0 Å². The standard InChI is InChI=1S/C42H60N2O2/c1-13-41(14-2,15-3)33-25-31(39(7,8)9)23-29(37(33)45)27-43-35-21-19-20-22-36(35)44-28-30-24-32(40(10,11)12)26-34(38(30)46)42(16-4,17-5)18-6/h19-28,45-46H,13-18H2,1-12H3. The highest BCUT2D eigenvalue weighted by molar-refractivity contribution is 5.90. The van der Waals surface area contributed by atoms with E-state index in [1.165, 1.54) is 11.1 Å². The van der Waals surface area contributed by atoms with Crippen LogP contribution in [0.5, 0.6) is 11.5 Å². The summed E-state index contributed by atoms with van der Waals surface area (Å²) >= 11 is 0. The Kier molecular flexibility index (Phi) is 11.7. The largest absolute Gasteiger partial charge is 0.507 e. The molecule has 0 aliphatic heterocycles. The molecule has 3 rings (SSSR count). The minimum Gasteiger partial charge on any atom is -0.507 e. The molecule has 0 radical (unpaired) electrons. The summed E-state index contributed by atoms with van der Waals surface area (Å²) in [4.78, 5) is 9.78. The monoisotopic (exact) mass is 624 g/mol. The Hall–Kier alpha value is -3.40. The molecule has 250 valence electrons. The van der Waals surface area contributed by atoms with Gasteiger partial charge in [-0.1, -0.05) is 107 Å². The second-order valence-corrected chi connectivity index (χ2v) is 15.1. The molecule has 0 saturated heterocycles. The summed E-state index contributed by atoms with van der Waals surface area (Å²) in [5.74, 6) is 0.622. The van der Waals surface area contributed by atoms with Gasteiger partial charge >= 0.3 is 0 Å². The molecule has 4 nitrogen and oxygen atoms in total. The van der Waals surface area contributed by atoms with Crippen LogP contribution in [0.2, 0.25) is 0 Å². The summed E-state index contributed by atoms with van der Waals surface area (Å²) in [5.41, 5.74) is 6.86. The zero-order chi connectivity index (χ0) is 34.5. The molecule has 4 heteroatoms. The minimum absolute atomic E-state index is 0.0818. The predicted octanol–water partition coefficient (Wildman–Crippen LogP) is 12.1. The van der Waals surface area contributed by atoms with Crippen LogP contribution < -0.4 is 0 Å². The summed E-state index contributed by atoms with van der Waals surface area (Å²) < 4.78 is 0. The van der Waals surface area contributed by atoms with E-state index in [-0.39, 0.29) is 21.7 Å². The van der Waals surface area contributed by atoms with Crippen LogP contribution in [0.4, 0.5) is 11.4 Å². The van der Waals surface area contributed by atoms with Gasteiger partial charge in [-0.15, -0.1) is 0 Å². The molecule has 0 aliphatic rings. The van der Waals surface area contributed by atoms with Crippen LogP contribution in [-0.4, -0.2) is 22.6 Å². The lowest BCUT2D eigenvalue weighted by Crippen LogP contribution is -2.25. The van der Waals surface area contributed by atoms with Crippen molar-refractivity contribution in [2.45, 2.75) is 143 Å². The van der Waals surface area contributed by atoms with Crippen molar-refractivity contribution in [3.8, 4) is 11.5 Å². The Morgan fingerprint density at radius 2 is 0.826 bits per heavy atom. The molecule has 46 heavy (non-hydrogen) atoms. The van der Waals surface area contributed by atoms with Gasteiger partial charge in [-0.05, 0) is 95.6 Å². The van der Waals surface area contributed by atoms with E-state index in [9.17, 15) is 10.2 Å². The van der Waals surface area contributed by atoms with Gasteiger partial charge in [0.1, 0.15) is 11.5 Å². The maximum atomic E-state index is 11.6. The number of benzene rings is 3. The van der Waals surface area contributed by atoms with E-state index in [2.05, 4.69) is 107 Å². The number of nitrogens with zero attached hydrogens (tertiary/aromatic N) is 2. The van der Waals surface area contributed by atoms with Crippen molar-refractivity contribution in [3.63, 3.8) is 0 Å². The molecule has 0 fully saturated rings. The number of para-hydroxylation sites is 2. The van der Waals surface area contributed by atoms with Gasteiger partial charge in [-0.25, -0.2) is 0 Å². The quantitative estimate of drug-likeness (QED) is 0.197. The summed E-state index contributed by atoms with van der Waals surface area (Å²) in [5, 5.41) is 23.3. The second kappa shape index (κ2) is 14.6. The molecule has 3 aromatic carbocycles. The number of rotatable bonds is 12. The summed E-state index contributed by atoms with van der Waals surface area (Å²) in [7, 11) is 0. The Morgan fingerprint density at radius 1 is 0.522 bits per heavy atom. The van der Waals surface area contributed by atoms with E-state index < -0.39 is 0 Å². The topological polar surface area (TPSA) is 65.2 Å². The molecule has 0 unspecified atom stereocenters. The Balaban J connectivity index is 2.17. The normalized spacial score (nSPS) is 13.3. The average molecular weight is 625 g/mol. The number of phenols is 2. The van der Waals surface area contributed by atoms with Gasteiger partial charge in [-0.3, -0.25) is 9.98 Å². The number of hydrogen-bond donors (Lipinski definition) is 2. The Bertz CT molecular complexity index is 1410. The minimum atomic E-state index is -0.0938. The first kappa shape index (κ1) is 37.1. The molecule has 0 amide bonds. The van der Waals surface area contributed by atoms with E-state index >= 15 is 0 Å². The van der Waals surface area contributed by atoms with Crippen LogP contribution >= 0.6 is 0 Å². The van der Waals surface area contributed by atoms with Crippen molar-refractivity contribution in [3.05, 3.63) is 81.9 Å². The zero-order valence-electron chi connectivity index (χ0n) is 30.8. The highest BCUT2D eigenvalue weighted by Crippen LogP contribution is 2.45. The van der Waals surface area contributed by atoms with E-state index in [1.807, 2.05) is 24.3 Å². The smallest absolute Gasteiger partial charge is 0.128 e. The van der Waals surface area contributed by atoms with Crippen molar-refractivity contribution in [2.24, 2.45) is 9.98 Å². The van der Waals surface area contributed by atoms with E-state index in [1.54, 1.807) is 12.4 Å². The third-order valence-corrected chi connectivity index (χ3v) is 10.8. The third-order valence-electron chi connectivity index (χ3n) is 10.8. The van der Waals surface area contributed by atoms with E-state index in [0.29, 0.717) is 22.9 Å². The molecular weight excluding hydrogens is 564 g/mol. The van der Waals surface area contributed by atoms with Gasteiger partial charge < -0.3 is 10.2 Å². The van der Waals surface area contributed by atoms with E-state index in [0.717, 1.165) is 60.8 Å². The lowest BCUT2D eigenvalue weighted by atomic mass is 9.71. The van der Waals surface area contributed by atoms with Crippen LogP contribution in [0.1, 0.15) is 155 Å². The number of phenolic OH excluding ortho intramolecular Hbond substituents is 2. The van der Waals surface area contributed by atoms with Crippen molar-refractivity contribution >= 4 is 23.8 Å². The van der Waals surface area contributed by atoms with Gasteiger partial charge in [0.25, 0.3) is 0 Å². The van der Waals surface area contributed by atoms with Gasteiger partial charge in [0.05, 0.1) is 11.4 Å². The summed E-state index contributed by atoms with van der Waals surface area (Å²) in [6.45, 7) is 26.5. The van der Waals surface area contributed by atoms with Crippen molar-refractivity contribution in [2.75, 3.05) is 0 Å². The van der Waals surface area contributed by atoms with Gasteiger partial charge in [0, 0.05) is 34.7 Å². The van der Waals surface area contributed by atoms with E-state index in [4.69, 9.17) is 9.98 Å². The molecule has 0 heterocycles. The Morgan fingerprint density at radius 3 is 1.09 bits per heavy atom. The molecule has 2 N–H and O–H groups in total. The van der Waals surface area contributed by atoms with Crippen LogP contribution in [0, 0.1) is 0 Å². The van der Waals surface area contributed by atoms with Crippen molar-refractivity contribution in [1.82, 2.24) is 0 Å². The first-order valence-electron chi connectivity index (χ1n) is 17.5. The first-order valence-corrected chi connectivity index (χ1v) is 17.5. The molecule has 0 spiro atoms.